The van der Waals surface area contributed by atoms with Crippen molar-refractivity contribution >= 4 is 17.5 Å². The first kappa shape index (κ1) is 17.2. The molecule has 140 valence electrons. The van der Waals surface area contributed by atoms with Gasteiger partial charge >= 0.3 is 0 Å². The lowest BCUT2D eigenvalue weighted by Crippen LogP contribution is -2.41. The first-order valence-electron chi connectivity index (χ1n) is 8.77. The summed E-state index contributed by atoms with van der Waals surface area (Å²) in [6.07, 6.45) is 0.872. The van der Waals surface area contributed by atoms with Crippen molar-refractivity contribution in [1.29, 1.82) is 0 Å². The summed E-state index contributed by atoms with van der Waals surface area (Å²) in [5.41, 5.74) is 1.57. The summed E-state index contributed by atoms with van der Waals surface area (Å²) < 4.78 is 15.8. The summed E-state index contributed by atoms with van der Waals surface area (Å²) >= 11 is 0. The van der Waals surface area contributed by atoms with Gasteiger partial charge in [0.1, 0.15) is 11.8 Å². The van der Waals surface area contributed by atoms with E-state index in [1.165, 1.54) is 0 Å². The number of ether oxygens (including phenoxy) is 3. The van der Waals surface area contributed by atoms with E-state index in [9.17, 15) is 9.59 Å². The standard InChI is InChI=1S/C20H20N2O5/c1-25-15-5-3-14(4-6-15)21-20(24)16-7-9-19(23)22(16)11-13-2-8-17-18(10-13)27-12-26-17/h2-6,8,10,16H,7,9,11-12H2,1H3,(H,21,24). The molecule has 0 aromatic heterocycles. The molecule has 27 heavy (non-hydrogen) atoms. The number of nitrogens with one attached hydrogen (secondary N) is 1. The van der Waals surface area contributed by atoms with Gasteiger partial charge in [0.2, 0.25) is 18.6 Å². The molecule has 1 fully saturated rings. The topological polar surface area (TPSA) is 77.1 Å². The van der Waals surface area contributed by atoms with Crippen LogP contribution in [0.5, 0.6) is 17.2 Å². The highest BCUT2D eigenvalue weighted by atomic mass is 16.7. The summed E-state index contributed by atoms with van der Waals surface area (Å²) in [6.45, 7) is 0.560. The van der Waals surface area contributed by atoms with Crippen molar-refractivity contribution in [2.45, 2.75) is 25.4 Å². The highest BCUT2D eigenvalue weighted by Gasteiger charge is 2.36. The summed E-state index contributed by atoms with van der Waals surface area (Å²) in [6, 6.07) is 12.2. The van der Waals surface area contributed by atoms with E-state index in [1.54, 1.807) is 36.3 Å². The maximum atomic E-state index is 12.7. The Hall–Kier alpha value is -3.22. The van der Waals surface area contributed by atoms with Gasteiger partial charge in [-0.3, -0.25) is 9.59 Å². The van der Waals surface area contributed by atoms with Crippen molar-refractivity contribution in [3.05, 3.63) is 48.0 Å². The average molecular weight is 368 g/mol. The molecule has 0 spiro atoms. The van der Waals surface area contributed by atoms with Crippen LogP contribution in [0.4, 0.5) is 5.69 Å². The second-order valence-corrected chi connectivity index (χ2v) is 6.48. The van der Waals surface area contributed by atoms with Crippen LogP contribution in [0.15, 0.2) is 42.5 Å². The Morgan fingerprint density at radius 2 is 1.96 bits per heavy atom. The molecule has 0 bridgehead atoms. The number of carbonyl (C=O) groups excluding carboxylic acids is 2. The quantitative estimate of drug-likeness (QED) is 0.878. The van der Waals surface area contributed by atoms with E-state index in [2.05, 4.69) is 5.32 Å². The van der Waals surface area contributed by atoms with Crippen molar-refractivity contribution in [2.24, 2.45) is 0 Å². The molecule has 2 heterocycles. The lowest BCUT2D eigenvalue weighted by molar-refractivity contribution is -0.133. The zero-order valence-electron chi connectivity index (χ0n) is 14.9. The van der Waals surface area contributed by atoms with Crippen molar-refractivity contribution < 1.29 is 23.8 Å². The van der Waals surface area contributed by atoms with Gasteiger partial charge in [0.05, 0.1) is 7.11 Å². The van der Waals surface area contributed by atoms with Crippen molar-refractivity contribution in [3.8, 4) is 17.2 Å². The molecule has 0 aliphatic carbocycles. The summed E-state index contributed by atoms with van der Waals surface area (Å²) in [5, 5.41) is 2.88. The number of benzene rings is 2. The molecular formula is C20H20N2O5. The van der Waals surface area contributed by atoms with E-state index >= 15 is 0 Å². The van der Waals surface area contributed by atoms with Gasteiger partial charge < -0.3 is 24.4 Å². The second-order valence-electron chi connectivity index (χ2n) is 6.48. The van der Waals surface area contributed by atoms with Crippen LogP contribution in [0, 0.1) is 0 Å². The minimum atomic E-state index is -0.495. The molecule has 1 unspecified atom stereocenters. The second kappa shape index (κ2) is 7.19. The Bertz CT molecular complexity index is 865. The Kier molecular flexibility index (Phi) is 4.58. The van der Waals surface area contributed by atoms with Gasteiger partial charge in [0, 0.05) is 18.7 Å². The molecule has 2 amide bonds. The smallest absolute Gasteiger partial charge is 0.247 e. The van der Waals surface area contributed by atoms with Crippen LogP contribution in [0.3, 0.4) is 0 Å². The van der Waals surface area contributed by atoms with E-state index in [-0.39, 0.29) is 18.6 Å². The molecule has 2 aromatic carbocycles. The van der Waals surface area contributed by atoms with Crippen molar-refractivity contribution in [3.63, 3.8) is 0 Å². The molecule has 0 radical (unpaired) electrons. The number of carbonyl (C=O) groups is 2. The summed E-state index contributed by atoms with van der Waals surface area (Å²) in [4.78, 5) is 26.7. The maximum Gasteiger partial charge on any atom is 0.247 e. The fourth-order valence-corrected chi connectivity index (χ4v) is 3.34. The zero-order chi connectivity index (χ0) is 18.8. The van der Waals surface area contributed by atoms with Crippen molar-refractivity contribution in [1.82, 2.24) is 4.90 Å². The third kappa shape index (κ3) is 3.53. The third-order valence-corrected chi connectivity index (χ3v) is 4.78. The van der Waals surface area contributed by atoms with E-state index in [0.29, 0.717) is 42.3 Å². The van der Waals surface area contributed by atoms with Crippen LogP contribution in [0.2, 0.25) is 0 Å². The van der Waals surface area contributed by atoms with Gasteiger partial charge in [0.25, 0.3) is 0 Å². The zero-order valence-corrected chi connectivity index (χ0v) is 14.9. The molecule has 1 saturated heterocycles. The van der Waals surface area contributed by atoms with Gasteiger partial charge in [-0.1, -0.05) is 6.07 Å². The number of rotatable bonds is 5. The fraction of sp³-hybridized carbons (Fsp3) is 0.300. The molecular weight excluding hydrogens is 348 g/mol. The van der Waals surface area contributed by atoms with Crippen LogP contribution in [-0.2, 0) is 16.1 Å². The van der Waals surface area contributed by atoms with Gasteiger partial charge in [-0.15, -0.1) is 0 Å². The Balaban J connectivity index is 1.46. The predicted octanol–water partition coefficient (Wildman–Crippen LogP) is 2.55. The lowest BCUT2D eigenvalue weighted by Gasteiger charge is -2.24. The van der Waals surface area contributed by atoms with Gasteiger partial charge in [-0.2, -0.15) is 0 Å². The number of methoxy groups -OCH3 is 1. The highest BCUT2D eigenvalue weighted by Crippen LogP contribution is 2.33. The van der Waals surface area contributed by atoms with Crippen molar-refractivity contribution in [2.75, 3.05) is 19.2 Å². The Morgan fingerprint density at radius 3 is 2.74 bits per heavy atom. The fourth-order valence-electron chi connectivity index (χ4n) is 3.34. The molecule has 7 heteroatoms. The molecule has 7 nitrogen and oxygen atoms in total. The van der Waals surface area contributed by atoms with Crippen LogP contribution in [0.25, 0.3) is 0 Å². The minimum Gasteiger partial charge on any atom is -0.497 e. The molecule has 2 aliphatic rings. The van der Waals surface area contributed by atoms with Gasteiger partial charge in [-0.05, 0) is 48.4 Å². The lowest BCUT2D eigenvalue weighted by atomic mass is 10.1. The molecule has 2 aromatic rings. The summed E-state index contributed by atoms with van der Waals surface area (Å²) in [5.74, 6) is 1.86. The number of nitrogens with zero attached hydrogens (tertiary/aromatic N) is 1. The summed E-state index contributed by atoms with van der Waals surface area (Å²) in [7, 11) is 1.59. The average Bonchev–Trinajstić information content (AvgIpc) is 3.29. The number of hydrogen-bond donors (Lipinski definition) is 1. The SMILES string of the molecule is COc1ccc(NC(=O)C2CCC(=O)N2Cc2ccc3c(c2)OCO3)cc1. The number of likely N-dealkylation sites (tertiary alicyclic amines) is 1. The number of hydrogen-bond acceptors (Lipinski definition) is 5. The van der Waals surface area contributed by atoms with E-state index in [1.807, 2.05) is 18.2 Å². The highest BCUT2D eigenvalue weighted by molar-refractivity contribution is 5.99. The monoisotopic (exact) mass is 368 g/mol. The predicted molar refractivity (Wildman–Crippen MR) is 97.8 cm³/mol. The van der Waals surface area contributed by atoms with E-state index < -0.39 is 6.04 Å². The molecule has 4 rings (SSSR count). The van der Waals surface area contributed by atoms with Crippen LogP contribution in [-0.4, -0.2) is 36.7 Å². The van der Waals surface area contributed by atoms with Crippen LogP contribution in [0.1, 0.15) is 18.4 Å². The van der Waals surface area contributed by atoms with Crippen LogP contribution >= 0.6 is 0 Å². The molecule has 0 saturated carbocycles. The number of anilines is 1. The van der Waals surface area contributed by atoms with Gasteiger partial charge in [-0.25, -0.2) is 0 Å². The first-order chi connectivity index (χ1) is 13.1. The van der Waals surface area contributed by atoms with Crippen LogP contribution < -0.4 is 19.5 Å². The third-order valence-electron chi connectivity index (χ3n) is 4.78. The molecule has 1 atom stereocenters. The minimum absolute atomic E-state index is 0.0254. The first-order valence-corrected chi connectivity index (χ1v) is 8.77. The van der Waals surface area contributed by atoms with E-state index in [4.69, 9.17) is 14.2 Å². The largest absolute Gasteiger partial charge is 0.497 e. The normalized spacial score (nSPS) is 17.9. The van der Waals surface area contributed by atoms with E-state index in [0.717, 1.165) is 5.56 Å². The Morgan fingerprint density at radius 1 is 1.19 bits per heavy atom. The molecule has 1 N–H and O–H groups in total. The molecule has 2 aliphatic heterocycles. The number of fused-ring (bicyclic) bond motifs is 1. The van der Waals surface area contributed by atoms with Gasteiger partial charge in [0.15, 0.2) is 11.5 Å². The number of amides is 2. The maximum absolute atomic E-state index is 12.7. The Labute approximate surface area is 156 Å².